The number of hydrogen-bond acceptors (Lipinski definition) is 3. The molecule has 0 aromatic heterocycles. The van der Waals surface area contributed by atoms with Gasteiger partial charge in [-0.2, -0.15) is 0 Å². The van der Waals surface area contributed by atoms with Crippen LogP contribution in [0.2, 0.25) is 0 Å². The summed E-state index contributed by atoms with van der Waals surface area (Å²) in [5.41, 5.74) is 2.31. The number of likely N-dealkylation sites (N-methyl/N-ethyl adjacent to an activating group) is 1. The maximum Gasteiger partial charge on any atom is 0.164 e. The van der Waals surface area contributed by atoms with E-state index < -0.39 is 0 Å². The summed E-state index contributed by atoms with van der Waals surface area (Å²) in [7, 11) is 5.34. The predicted octanol–water partition coefficient (Wildman–Crippen LogP) is 2.77. The number of ether oxygens (including phenoxy) is 2. The number of nitrogens with one attached hydrogen (secondary N) is 1. The fraction of sp³-hybridized carbons (Fsp3) is 0.538. The van der Waals surface area contributed by atoms with Gasteiger partial charge in [0.1, 0.15) is 0 Å². The predicted molar refractivity (Wildman–Crippen MR) is 79.2 cm³/mol. The first-order chi connectivity index (χ1) is 8.04. The Hall–Kier alpha value is -0.490. The molecule has 0 spiro atoms. The van der Waals surface area contributed by atoms with Gasteiger partial charge in [-0.15, -0.1) is 0 Å². The van der Waals surface area contributed by atoms with E-state index >= 15 is 0 Å². The quantitative estimate of drug-likeness (QED) is 0.830. The number of hydrogen-bond donors (Lipinski definition) is 1. The van der Waals surface area contributed by atoms with E-state index in [1.165, 1.54) is 9.13 Å². The van der Waals surface area contributed by atoms with Gasteiger partial charge in [0.05, 0.1) is 14.2 Å². The van der Waals surface area contributed by atoms with Crippen LogP contribution in [0.25, 0.3) is 0 Å². The van der Waals surface area contributed by atoms with Crippen molar-refractivity contribution in [3.05, 3.63) is 20.8 Å². The molecule has 1 aromatic carbocycles. The van der Waals surface area contributed by atoms with Gasteiger partial charge < -0.3 is 14.8 Å². The summed E-state index contributed by atoms with van der Waals surface area (Å²) < 4.78 is 12.2. The monoisotopic (exact) mass is 349 g/mol. The molecule has 0 aliphatic rings. The van der Waals surface area contributed by atoms with Crippen LogP contribution in [0, 0.1) is 10.5 Å². The van der Waals surface area contributed by atoms with Crippen molar-refractivity contribution in [3.63, 3.8) is 0 Å². The number of halogens is 1. The van der Waals surface area contributed by atoms with Gasteiger partial charge in [-0.25, -0.2) is 0 Å². The highest BCUT2D eigenvalue weighted by molar-refractivity contribution is 14.1. The molecule has 1 atom stereocenters. The van der Waals surface area contributed by atoms with Crippen molar-refractivity contribution in [3.8, 4) is 11.5 Å². The molecule has 0 radical (unpaired) electrons. The van der Waals surface area contributed by atoms with Crippen LogP contribution < -0.4 is 14.8 Å². The Bertz CT molecular complexity index is 393. The smallest absolute Gasteiger partial charge is 0.164 e. The fourth-order valence-corrected chi connectivity index (χ4v) is 2.43. The lowest BCUT2D eigenvalue weighted by Crippen LogP contribution is -2.24. The number of methoxy groups -OCH3 is 2. The van der Waals surface area contributed by atoms with E-state index in [4.69, 9.17) is 9.47 Å². The Morgan fingerprint density at radius 1 is 1.29 bits per heavy atom. The van der Waals surface area contributed by atoms with Crippen LogP contribution in [0.1, 0.15) is 18.1 Å². The first kappa shape index (κ1) is 14.6. The van der Waals surface area contributed by atoms with Crippen LogP contribution in [0.15, 0.2) is 6.07 Å². The lowest BCUT2D eigenvalue weighted by atomic mass is 10.0. The van der Waals surface area contributed by atoms with Crippen molar-refractivity contribution in [1.82, 2.24) is 5.32 Å². The molecule has 4 heteroatoms. The van der Waals surface area contributed by atoms with Crippen molar-refractivity contribution >= 4 is 22.6 Å². The molecule has 0 bridgehead atoms. The molecule has 0 saturated carbocycles. The molecular weight excluding hydrogens is 329 g/mol. The van der Waals surface area contributed by atoms with Gasteiger partial charge >= 0.3 is 0 Å². The minimum Gasteiger partial charge on any atom is -0.493 e. The first-order valence-electron chi connectivity index (χ1n) is 5.62. The molecule has 0 amide bonds. The Labute approximate surface area is 117 Å². The zero-order valence-corrected chi connectivity index (χ0v) is 13.2. The highest BCUT2D eigenvalue weighted by Crippen LogP contribution is 2.37. The minimum absolute atomic E-state index is 0.409. The summed E-state index contributed by atoms with van der Waals surface area (Å²) in [6.07, 6.45) is 0.923. The Morgan fingerprint density at radius 3 is 2.35 bits per heavy atom. The normalized spacial score (nSPS) is 12.4. The van der Waals surface area contributed by atoms with Crippen LogP contribution in [0.5, 0.6) is 11.5 Å². The topological polar surface area (TPSA) is 30.5 Å². The molecule has 0 heterocycles. The highest BCUT2D eigenvalue weighted by atomic mass is 127. The van der Waals surface area contributed by atoms with Crippen LogP contribution in [-0.2, 0) is 6.42 Å². The van der Waals surface area contributed by atoms with Gasteiger partial charge in [-0.3, -0.25) is 0 Å². The Kier molecular flexibility index (Phi) is 5.52. The van der Waals surface area contributed by atoms with E-state index in [-0.39, 0.29) is 0 Å². The van der Waals surface area contributed by atoms with E-state index in [1.54, 1.807) is 14.2 Å². The fourth-order valence-electron chi connectivity index (χ4n) is 1.80. The zero-order chi connectivity index (χ0) is 13.0. The van der Waals surface area contributed by atoms with E-state index in [2.05, 4.69) is 47.8 Å². The third kappa shape index (κ3) is 3.25. The molecule has 1 rings (SSSR count). The summed E-state index contributed by atoms with van der Waals surface area (Å²) in [5.74, 6) is 1.70. The summed E-state index contributed by atoms with van der Waals surface area (Å²) >= 11 is 2.33. The average Bonchev–Trinajstić information content (AvgIpc) is 2.32. The second-order valence-electron chi connectivity index (χ2n) is 4.10. The SMILES string of the molecule is CNC(C)Cc1cc(I)c(C)c(OC)c1OC. The lowest BCUT2D eigenvalue weighted by Gasteiger charge is -2.18. The molecule has 1 aromatic rings. The zero-order valence-electron chi connectivity index (χ0n) is 11.1. The van der Waals surface area contributed by atoms with E-state index in [0.29, 0.717) is 6.04 Å². The highest BCUT2D eigenvalue weighted by Gasteiger charge is 2.17. The van der Waals surface area contributed by atoms with Crippen LogP contribution in [0.3, 0.4) is 0 Å². The second-order valence-corrected chi connectivity index (χ2v) is 5.27. The van der Waals surface area contributed by atoms with Gasteiger partial charge in [0.25, 0.3) is 0 Å². The van der Waals surface area contributed by atoms with E-state index in [0.717, 1.165) is 23.5 Å². The molecular formula is C13H20INO2. The summed E-state index contributed by atoms with van der Waals surface area (Å²) in [5, 5.41) is 3.24. The van der Waals surface area contributed by atoms with E-state index in [9.17, 15) is 0 Å². The van der Waals surface area contributed by atoms with E-state index in [1.807, 2.05) is 7.05 Å². The molecule has 0 saturated heterocycles. The summed E-state index contributed by atoms with van der Waals surface area (Å²) in [6, 6.07) is 2.58. The van der Waals surface area contributed by atoms with Gasteiger partial charge in [-0.05, 0) is 56.0 Å². The van der Waals surface area contributed by atoms with Gasteiger partial charge in [0, 0.05) is 20.7 Å². The average molecular weight is 349 g/mol. The number of rotatable bonds is 5. The van der Waals surface area contributed by atoms with Crippen molar-refractivity contribution in [2.75, 3.05) is 21.3 Å². The summed E-state index contributed by atoms with van der Waals surface area (Å²) in [4.78, 5) is 0. The van der Waals surface area contributed by atoms with Crippen LogP contribution >= 0.6 is 22.6 Å². The van der Waals surface area contributed by atoms with Gasteiger partial charge in [0.2, 0.25) is 0 Å². The van der Waals surface area contributed by atoms with Gasteiger partial charge in [0.15, 0.2) is 11.5 Å². The maximum atomic E-state index is 5.49. The lowest BCUT2D eigenvalue weighted by molar-refractivity contribution is 0.348. The molecule has 96 valence electrons. The standard InChI is InChI=1S/C13H20INO2/c1-8(15-3)6-10-7-11(14)9(2)12(16-4)13(10)17-5/h7-8,15H,6H2,1-5H3. The minimum atomic E-state index is 0.409. The molecule has 1 N–H and O–H groups in total. The largest absolute Gasteiger partial charge is 0.493 e. The van der Waals surface area contributed by atoms with Crippen molar-refractivity contribution < 1.29 is 9.47 Å². The molecule has 3 nitrogen and oxygen atoms in total. The van der Waals surface area contributed by atoms with Crippen molar-refractivity contribution in [2.45, 2.75) is 26.3 Å². The van der Waals surface area contributed by atoms with Crippen molar-refractivity contribution in [2.24, 2.45) is 0 Å². The van der Waals surface area contributed by atoms with Crippen molar-refractivity contribution in [1.29, 1.82) is 0 Å². The molecule has 0 aliphatic carbocycles. The summed E-state index contributed by atoms with van der Waals surface area (Å²) in [6.45, 7) is 4.20. The second kappa shape index (κ2) is 6.44. The third-order valence-corrected chi connectivity index (χ3v) is 4.05. The van der Waals surface area contributed by atoms with Crippen LogP contribution in [-0.4, -0.2) is 27.3 Å². The first-order valence-corrected chi connectivity index (χ1v) is 6.70. The third-order valence-electron chi connectivity index (χ3n) is 2.92. The molecule has 1 unspecified atom stereocenters. The maximum absolute atomic E-state index is 5.49. The van der Waals surface area contributed by atoms with Gasteiger partial charge in [-0.1, -0.05) is 0 Å². The Morgan fingerprint density at radius 2 is 1.88 bits per heavy atom. The number of benzene rings is 1. The Balaban J connectivity index is 3.24. The van der Waals surface area contributed by atoms with Crippen LogP contribution in [0.4, 0.5) is 0 Å². The molecule has 17 heavy (non-hydrogen) atoms. The molecule has 0 aliphatic heterocycles. The molecule has 0 fully saturated rings.